The van der Waals surface area contributed by atoms with Gasteiger partial charge in [0, 0.05) is 24.0 Å². The van der Waals surface area contributed by atoms with Crippen molar-refractivity contribution in [1.82, 2.24) is 10.2 Å². The van der Waals surface area contributed by atoms with E-state index in [-0.39, 0.29) is 35.5 Å². The largest absolute Gasteiger partial charge is 0.352 e. The fourth-order valence-electron chi connectivity index (χ4n) is 5.99. The summed E-state index contributed by atoms with van der Waals surface area (Å²) in [4.78, 5) is 30.3. The molecule has 2 amide bonds. The van der Waals surface area contributed by atoms with Crippen LogP contribution in [0.25, 0.3) is 0 Å². The first-order chi connectivity index (χ1) is 23.0. The summed E-state index contributed by atoms with van der Waals surface area (Å²) < 4.78 is 43.5. The Kier molecular flexibility index (Phi) is 11.5. The van der Waals surface area contributed by atoms with Gasteiger partial charge in [-0.1, -0.05) is 97.1 Å². The third-order valence-electron chi connectivity index (χ3n) is 8.82. The van der Waals surface area contributed by atoms with Crippen LogP contribution in [0.5, 0.6) is 0 Å². The van der Waals surface area contributed by atoms with Gasteiger partial charge in [-0.05, 0) is 79.8 Å². The highest BCUT2D eigenvalue weighted by atomic mass is 35.5. The standard InChI is InChI=1S/C38H41ClFN3O4S/c1-27-13-21-34(22-14-27)48(46,47)43(33-20-15-28(2)35(39)24-33)26-37(44)42(25-30-16-18-31(40)19-17-30)36(23-29-9-5-3-6-10-29)38(45)41-32-11-7-4-8-12-32/h3,5-6,9-10,13-22,24,32,36H,4,7-8,11-12,23,25-26H2,1-2H3,(H,41,45)/t36-/m0/s1. The molecule has 1 saturated carbocycles. The molecule has 1 fully saturated rings. The molecule has 48 heavy (non-hydrogen) atoms. The number of aryl methyl sites for hydroxylation is 2. The van der Waals surface area contributed by atoms with E-state index in [0.29, 0.717) is 10.6 Å². The molecule has 0 heterocycles. The van der Waals surface area contributed by atoms with Crippen molar-refractivity contribution in [2.75, 3.05) is 10.8 Å². The Hall–Kier alpha value is -4.21. The van der Waals surface area contributed by atoms with E-state index in [1.807, 2.05) is 37.3 Å². The van der Waals surface area contributed by atoms with E-state index in [0.717, 1.165) is 53.1 Å². The molecule has 0 aromatic heterocycles. The molecule has 1 N–H and O–H groups in total. The minimum Gasteiger partial charge on any atom is -0.352 e. The highest BCUT2D eigenvalue weighted by Crippen LogP contribution is 2.29. The summed E-state index contributed by atoms with van der Waals surface area (Å²) in [6, 6.07) is 25.4. The average Bonchev–Trinajstić information content (AvgIpc) is 3.08. The Bertz CT molecular complexity index is 1810. The van der Waals surface area contributed by atoms with Crippen molar-refractivity contribution in [3.8, 4) is 0 Å². The lowest BCUT2D eigenvalue weighted by atomic mass is 9.94. The van der Waals surface area contributed by atoms with E-state index in [1.165, 1.54) is 35.2 Å². The average molecular weight is 690 g/mol. The lowest BCUT2D eigenvalue weighted by Gasteiger charge is -2.35. The van der Waals surface area contributed by atoms with Gasteiger partial charge in [0.15, 0.2) is 0 Å². The second-order valence-electron chi connectivity index (χ2n) is 12.5. The first-order valence-electron chi connectivity index (χ1n) is 16.2. The van der Waals surface area contributed by atoms with Gasteiger partial charge in [0.05, 0.1) is 10.6 Å². The maximum Gasteiger partial charge on any atom is 0.264 e. The number of amides is 2. The van der Waals surface area contributed by atoms with E-state index in [9.17, 15) is 22.4 Å². The van der Waals surface area contributed by atoms with Gasteiger partial charge in [0.2, 0.25) is 11.8 Å². The van der Waals surface area contributed by atoms with Gasteiger partial charge in [-0.15, -0.1) is 0 Å². The molecule has 7 nitrogen and oxygen atoms in total. The molecule has 0 bridgehead atoms. The quantitative estimate of drug-likeness (QED) is 0.168. The summed E-state index contributed by atoms with van der Waals surface area (Å²) >= 11 is 6.47. The number of hydrogen-bond donors (Lipinski definition) is 1. The maximum absolute atomic E-state index is 14.6. The Morgan fingerprint density at radius 1 is 0.875 bits per heavy atom. The molecule has 0 aliphatic heterocycles. The van der Waals surface area contributed by atoms with Gasteiger partial charge in [0.1, 0.15) is 18.4 Å². The molecule has 4 aromatic rings. The number of rotatable bonds is 12. The number of hydrogen-bond acceptors (Lipinski definition) is 4. The zero-order valence-electron chi connectivity index (χ0n) is 27.2. The molecule has 0 spiro atoms. The number of benzene rings is 4. The minimum atomic E-state index is -4.26. The first-order valence-corrected chi connectivity index (χ1v) is 18.1. The van der Waals surface area contributed by atoms with Crippen LogP contribution in [-0.4, -0.2) is 43.8 Å². The van der Waals surface area contributed by atoms with Gasteiger partial charge in [0.25, 0.3) is 10.0 Å². The maximum atomic E-state index is 14.6. The molecule has 0 unspecified atom stereocenters. The van der Waals surface area contributed by atoms with Crippen molar-refractivity contribution < 1.29 is 22.4 Å². The van der Waals surface area contributed by atoms with Crippen molar-refractivity contribution in [3.05, 3.63) is 130 Å². The normalized spacial score (nSPS) is 14.2. The van der Waals surface area contributed by atoms with E-state index < -0.39 is 34.3 Å². The first kappa shape index (κ1) is 35.1. The highest BCUT2D eigenvalue weighted by Gasteiger charge is 2.35. The zero-order chi connectivity index (χ0) is 34.3. The Labute approximate surface area is 287 Å². The van der Waals surface area contributed by atoms with E-state index in [2.05, 4.69) is 5.32 Å². The van der Waals surface area contributed by atoms with Crippen LogP contribution in [0.2, 0.25) is 5.02 Å². The lowest BCUT2D eigenvalue weighted by Crippen LogP contribution is -2.55. The topological polar surface area (TPSA) is 86.8 Å². The molecule has 1 atom stereocenters. The Morgan fingerprint density at radius 2 is 1.54 bits per heavy atom. The summed E-state index contributed by atoms with van der Waals surface area (Å²) in [5, 5.41) is 3.54. The molecule has 252 valence electrons. The SMILES string of the molecule is Cc1ccc(S(=O)(=O)N(CC(=O)N(Cc2ccc(F)cc2)[C@@H](Cc2ccccc2)C(=O)NC2CCCCC2)c2ccc(C)c(Cl)c2)cc1. The van der Waals surface area contributed by atoms with Crippen molar-refractivity contribution in [3.63, 3.8) is 0 Å². The second kappa shape index (κ2) is 15.8. The Morgan fingerprint density at radius 3 is 2.19 bits per heavy atom. The summed E-state index contributed by atoms with van der Waals surface area (Å²) in [5.74, 6) is -1.34. The van der Waals surface area contributed by atoms with Crippen molar-refractivity contribution in [2.24, 2.45) is 0 Å². The predicted molar refractivity (Wildman–Crippen MR) is 188 cm³/mol. The number of halogens is 2. The molecule has 5 rings (SSSR count). The van der Waals surface area contributed by atoms with Crippen LogP contribution in [-0.2, 0) is 32.6 Å². The monoisotopic (exact) mass is 689 g/mol. The number of nitrogens with zero attached hydrogens (tertiary/aromatic N) is 2. The van der Waals surface area contributed by atoms with Crippen LogP contribution in [0.15, 0.2) is 102 Å². The summed E-state index contributed by atoms with van der Waals surface area (Å²) in [6.07, 6.45) is 5.05. The minimum absolute atomic E-state index is 0.0126. The highest BCUT2D eigenvalue weighted by molar-refractivity contribution is 7.92. The fraction of sp³-hybridized carbons (Fsp3) is 0.316. The van der Waals surface area contributed by atoms with E-state index in [1.54, 1.807) is 43.3 Å². The lowest BCUT2D eigenvalue weighted by molar-refractivity contribution is -0.140. The third kappa shape index (κ3) is 8.82. The van der Waals surface area contributed by atoms with Crippen LogP contribution in [0.1, 0.15) is 54.4 Å². The number of sulfonamides is 1. The van der Waals surface area contributed by atoms with Gasteiger partial charge in [-0.3, -0.25) is 13.9 Å². The Balaban J connectivity index is 1.57. The smallest absolute Gasteiger partial charge is 0.264 e. The number of anilines is 1. The fourth-order valence-corrected chi connectivity index (χ4v) is 7.57. The van der Waals surface area contributed by atoms with E-state index in [4.69, 9.17) is 11.6 Å². The van der Waals surface area contributed by atoms with Crippen LogP contribution >= 0.6 is 11.6 Å². The molecule has 0 saturated heterocycles. The van der Waals surface area contributed by atoms with Crippen molar-refractivity contribution in [1.29, 1.82) is 0 Å². The van der Waals surface area contributed by atoms with Crippen LogP contribution in [0, 0.1) is 19.7 Å². The molecule has 1 aliphatic rings. The van der Waals surface area contributed by atoms with Crippen molar-refractivity contribution in [2.45, 2.75) is 75.9 Å². The van der Waals surface area contributed by atoms with Crippen LogP contribution < -0.4 is 9.62 Å². The van der Waals surface area contributed by atoms with Crippen LogP contribution in [0.3, 0.4) is 0 Å². The molecule has 4 aromatic carbocycles. The summed E-state index contributed by atoms with van der Waals surface area (Å²) in [7, 11) is -4.26. The molecular weight excluding hydrogens is 649 g/mol. The van der Waals surface area contributed by atoms with E-state index >= 15 is 0 Å². The van der Waals surface area contributed by atoms with Gasteiger partial charge in [-0.2, -0.15) is 0 Å². The predicted octanol–water partition coefficient (Wildman–Crippen LogP) is 7.38. The summed E-state index contributed by atoms with van der Waals surface area (Å²) in [5.41, 5.74) is 3.28. The number of carbonyl (C=O) groups is 2. The van der Waals surface area contributed by atoms with Gasteiger partial charge in [-0.25, -0.2) is 12.8 Å². The zero-order valence-corrected chi connectivity index (χ0v) is 28.8. The molecule has 10 heteroatoms. The molecule has 1 aliphatic carbocycles. The molecular formula is C38H41ClFN3O4S. The number of carbonyl (C=O) groups excluding carboxylic acids is 2. The second-order valence-corrected chi connectivity index (χ2v) is 14.7. The third-order valence-corrected chi connectivity index (χ3v) is 11.0. The number of nitrogens with one attached hydrogen (secondary N) is 1. The van der Waals surface area contributed by atoms with Crippen molar-refractivity contribution >= 4 is 39.1 Å². The van der Waals surface area contributed by atoms with Gasteiger partial charge >= 0.3 is 0 Å². The van der Waals surface area contributed by atoms with Crippen LogP contribution in [0.4, 0.5) is 10.1 Å². The van der Waals surface area contributed by atoms with Gasteiger partial charge < -0.3 is 10.2 Å². The summed E-state index contributed by atoms with van der Waals surface area (Å²) in [6.45, 7) is 3.02. The molecule has 0 radical (unpaired) electrons.